The lowest BCUT2D eigenvalue weighted by molar-refractivity contribution is -0.0573. The van der Waals surface area contributed by atoms with E-state index in [1.807, 2.05) is 11.3 Å². The van der Waals surface area contributed by atoms with E-state index in [4.69, 9.17) is 4.74 Å². The second kappa shape index (κ2) is 3.33. The van der Waals surface area contributed by atoms with E-state index in [1.165, 1.54) is 17.7 Å². The molecule has 1 aromatic heterocycles. The zero-order valence-electron chi connectivity index (χ0n) is 8.16. The Kier molecular flexibility index (Phi) is 2.11. The fourth-order valence-electron chi connectivity index (χ4n) is 1.89. The molecular formula is C11H15NOS. The van der Waals surface area contributed by atoms with Crippen LogP contribution in [0, 0.1) is 0 Å². The smallest absolute Gasteiger partial charge is 0.0638 e. The largest absolute Gasteiger partial charge is 0.379 e. The molecule has 1 aromatic rings. The average molecular weight is 209 g/mol. The Hall–Kier alpha value is -0.380. The summed E-state index contributed by atoms with van der Waals surface area (Å²) in [4.78, 5) is 1.48. The van der Waals surface area contributed by atoms with Crippen LogP contribution in [0.2, 0.25) is 0 Å². The van der Waals surface area contributed by atoms with E-state index in [0.717, 1.165) is 25.8 Å². The van der Waals surface area contributed by atoms with Crippen molar-refractivity contribution in [2.45, 2.75) is 24.3 Å². The molecule has 1 saturated heterocycles. The van der Waals surface area contributed by atoms with Crippen LogP contribution in [-0.2, 0) is 10.2 Å². The molecule has 1 aliphatic heterocycles. The number of ether oxygens (including phenoxy) is 1. The summed E-state index contributed by atoms with van der Waals surface area (Å²) in [5.74, 6) is 0. The van der Waals surface area contributed by atoms with Crippen molar-refractivity contribution in [2.24, 2.45) is 0 Å². The molecule has 3 rings (SSSR count). The molecule has 0 radical (unpaired) electrons. The van der Waals surface area contributed by atoms with Gasteiger partial charge in [-0.05, 0) is 24.3 Å². The predicted octanol–water partition coefficient (Wildman–Crippen LogP) is 1.77. The van der Waals surface area contributed by atoms with Crippen LogP contribution >= 0.6 is 11.3 Å². The first kappa shape index (κ1) is 8.89. The molecule has 0 bridgehead atoms. The van der Waals surface area contributed by atoms with Crippen molar-refractivity contribution in [1.82, 2.24) is 5.32 Å². The van der Waals surface area contributed by atoms with Crippen LogP contribution in [0.3, 0.4) is 0 Å². The van der Waals surface area contributed by atoms with Gasteiger partial charge in [0.2, 0.25) is 0 Å². The van der Waals surface area contributed by atoms with Crippen LogP contribution < -0.4 is 5.32 Å². The number of nitrogens with one attached hydrogen (secondary N) is 1. The maximum Gasteiger partial charge on any atom is 0.0638 e. The van der Waals surface area contributed by atoms with Gasteiger partial charge in [0.25, 0.3) is 0 Å². The van der Waals surface area contributed by atoms with Crippen LogP contribution in [0.4, 0.5) is 0 Å². The molecular weight excluding hydrogens is 194 g/mol. The summed E-state index contributed by atoms with van der Waals surface area (Å²) < 4.78 is 5.38. The van der Waals surface area contributed by atoms with Gasteiger partial charge in [-0.15, -0.1) is 11.3 Å². The summed E-state index contributed by atoms with van der Waals surface area (Å²) >= 11 is 1.86. The first-order chi connectivity index (χ1) is 6.89. The molecule has 0 unspecified atom stereocenters. The van der Waals surface area contributed by atoms with E-state index < -0.39 is 0 Å². The van der Waals surface area contributed by atoms with Gasteiger partial charge in [0.1, 0.15) is 0 Å². The van der Waals surface area contributed by atoms with Gasteiger partial charge in [-0.25, -0.2) is 0 Å². The van der Waals surface area contributed by atoms with Gasteiger partial charge in [0.15, 0.2) is 0 Å². The van der Waals surface area contributed by atoms with E-state index in [-0.39, 0.29) is 0 Å². The summed E-state index contributed by atoms with van der Waals surface area (Å²) in [6.07, 6.45) is 2.72. The molecule has 2 fully saturated rings. The molecule has 1 aliphatic carbocycles. The lowest BCUT2D eigenvalue weighted by atomic mass is 9.84. The van der Waals surface area contributed by atoms with Gasteiger partial charge in [0.05, 0.1) is 18.6 Å². The highest BCUT2D eigenvalue weighted by atomic mass is 32.1. The van der Waals surface area contributed by atoms with Crippen molar-refractivity contribution in [2.75, 3.05) is 19.8 Å². The number of rotatable bonds is 4. The van der Waals surface area contributed by atoms with Gasteiger partial charge in [-0.3, -0.25) is 0 Å². The molecule has 2 heterocycles. The number of hydrogen-bond acceptors (Lipinski definition) is 3. The van der Waals surface area contributed by atoms with Crippen molar-refractivity contribution in [3.05, 3.63) is 22.4 Å². The summed E-state index contributed by atoms with van der Waals surface area (Å²) in [7, 11) is 0. The molecule has 1 saturated carbocycles. The standard InChI is InChI=1S/C11H15NOS/c1-2-10(14-5-1)11(7-13-8-11)6-12-9-3-4-9/h1-2,5,9,12H,3-4,6-8H2. The molecule has 0 aromatic carbocycles. The molecule has 2 aliphatic rings. The SMILES string of the molecule is c1csc(C2(CNC3CC3)COC2)c1. The van der Waals surface area contributed by atoms with Gasteiger partial charge in [-0.1, -0.05) is 6.07 Å². The van der Waals surface area contributed by atoms with Crippen molar-refractivity contribution in [1.29, 1.82) is 0 Å². The highest BCUT2D eigenvalue weighted by Crippen LogP contribution is 2.35. The van der Waals surface area contributed by atoms with Crippen LogP contribution in [0.15, 0.2) is 17.5 Å². The monoisotopic (exact) mass is 209 g/mol. The second-order valence-corrected chi connectivity index (χ2v) is 5.35. The minimum atomic E-state index is 0.302. The third-order valence-electron chi connectivity index (χ3n) is 3.11. The summed E-state index contributed by atoms with van der Waals surface area (Å²) in [5, 5.41) is 5.77. The molecule has 0 spiro atoms. The Morgan fingerprint density at radius 1 is 1.50 bits per heavy atom. The highest BCUT2D eigenvalue weighted by molar-refractivity contribution is 7.10. The van der Waals surface area contributed by atoms with E-state index in [2.05, 4.69) is 22.8 Å². The molecule has 14 heavy (non-hydrogen) atoms. The maximum absolute atomic E-state index is 5.38. The van der Waals surface area contributed by atoms with Crippen LogP contribution in [0.1, 0.15) is 17.7 Å². The Balaban J connectivity index is 1.70. The Morgan fingerprint density at radius 3 is 2.86 bits per heavy atom. The molecule has 0 atom stereocenters. The first-order valence-electron chi connectivity index (χ1n) is 5.24. The Morgan fingerprint density at radius 2 is 2.36 bits per heavy atom. The van der Waals surface area contributed by atoms with Crippen molar-refractivity contribution >= 4 is 11.3 Å². The average Bonchev–Trinajstić information content (AvgIpc) is 2.78. The van der Waals surface area contributed by atoms with E-state index >= 15 is 0 Å². The minimum Gasteiger partial charge on any atom is -0.379 e. The zero-order chi connectivity index (χ0) is 9.43. The topological polar surface area (TPSA) is 21.3 Å². The van der Waals surface area contributed by atoms with Crippen molar-refractivity contribution < 1.29 is 4.74 Å². The molecule has 1 N–H and O–H groups in total. The quantitative estimate of drug-likeness (QED) is 0.816. The van der Waals surface area contributed by atoms with Crippen LogP contribution in [0.25, 0.3) is 0 Å². The zero-order valence-corrected chi connectivity index (χ0v) is 8.98. The maximum atomic E-state index is 5.38. The third kappa shape index (κ3) is 1.49. The Labute approximate surface area is 88.3 Å². The first-order valence-corrected chi connectivity index (χ1v) is 6.12. The van der Waals surface area contributed by atoms with E-state index in [9.17, 15) is 0 Å². The fraction of sp³-hybridized carbons (Fsp3) is 0.636. The number of hydrogen-bond donors (Lipinski definition) is 1. The summed E-state index contributed by atoms with van der Waals surface area (Å²) in [6.45, 7) is 2.89. The fourth-order valence-corrected chi connectivity index (χ4v) is 2.79. The minimum absolute atomic E-state index is 0.302. The molecule has 3 heteroatoms. The Bertz CT molecular complexity index is 301. The van der Waals surface area contributed by atoms with Crippen molar-refractivity contribution in [3.63, 3.8) is 0 Å². The van der Waals surface area contributed by atoms with Crippen molar-refractivity contribution in [3.8, 4) is 0 Å². The third-order valence-corrected chi connectivity index (χ3v) is 4.22. The highest BCUT2D eigenvalue weighted by Gasteiger charge is 2.42. The van der Waals surface area contributed by atoms with Gasteiger partial charge in [-0.2, -0.15) is 0 Å². The van der Waals surface area contributed by atoms with Crippen LogP contribution in [0.5, 0.6) is 0 Å². The lowest BCUT2D eigenvalue weighted by Gasteiger charge is -2.41. The van der Waals surface area contributed by atoms with Gasteiger partial charge < -0.3 is 10.1 Å². The molecule has 2 nitrogen and oxygen atoms in total. The molecule has 76 valence electrons. The lowest BCUT2D eigenvalue weighted by Crippen LogP contribution is -2.53. The normalized spacial score (nSPS) is 24.6. The predicted molar refractivity (Wildman–Crippen MR) is 57.8 cm³/mol. The van der Waals surface area contributed by atoms with E-state index in [1.54, 1.807) is 0 Å². The molecule has 0 amide bonds. The van der Waals surface area contributed by atoms with Gasteiger partial charge in [0, 0.05) is 17.5 Å². The summed E-state index contributed by atoms with van der Waals surface area (Å²) in [6, 6.07) is 5.17. The van der Waals surface area contributed by atoms with Crippen LogP contribution in [-0.4, -0.2) is 25.8 Å². The van der Waals surface area contributed by atoms with E-state index in [0.29, 0.717) is 5.41 Å². The second-order valence-electron chi connectivity index (χ2n) is 4.41. The number of thiophene rings is 1. The van der Waals surface area contributed by atoms with Gasteiger partial charge >= 0.3 is 0 Å². The summed E-state index contributed by atoms with van der Waals surface area (Å²) in [5.41, 5.74) is 0.302.